The molecule has 2 N–H and O–H groups in total. The predicted octanol–water partition coefficient (Wildman–Crippen LogP) is 1.07. The van der Waals surface area contributed by atoms with Gasteiger partial charge in [0.1, 0.15) is 5.82 Å². The van der Waals surface area contributed by atoms with Crippen LogP contribution in [0.15, 0.2) is 0 Å². The summed E-state index contributed by atoms with van der Waals surface area (Å²) in [5.74, 6) is 6.51. The predicted molar refractivity (Wildman–Crippen MR) is 60.9 cm³/mol. The van der Waals surface area contributed by atoms with E-state index in [9.17, 15) is 4.79 Å². The molecule has 0 aliphatic heterocycles. The maximum absolute atomic E-state index is 11.5. The molecule has 0 bridgehead atoms. The van der Waals surface area contributed by atoms with Crippen molar-refractivity contribution >= 4 is 5.91 Å². The monoisotopic (exact) mass is 220 g/mol. The molecule has 0 unspecified atom stereocenters. The van der Waals surface area contributed by atoms with Gasteiger partial charge in [0.2, 0.25) is 5.82 Å². The molecule has 1 rings (SSSR count). The van der Waals surface area contributed by atoms with E-state index >= 15 is 0 Å². The van der Waals surface area contributed by atoms with Gasteiger partial charge in [0, 0.05) is 18.9 Å². The molecule has 0 radical (unpaired) electrons. The zero-order valence-electron chi connectivity index (χ0n) is 9.79. The van der Waals surface area contributed by atoms with E-state index in [2.05, 4.69) is 32.3 Å². The van der Waals surface area contributed by atoms with Gasteiger partial charge in [-0.15, -0.1) is 16.9 Å². The minimum absolute atomic E-state index is 0.188. The Morgan fingerprint density at radius 1 is 1.56 bits per heavy atom. The average molecular weight is 220 g/mol. The van der Waals surface area contributed by atoms with E-state index in [-0.39, 0.29) is 17.6 Å². The lowest BCUT2D eigenvalue weighted by molar-refractivity contribution is 0.0944. The van der Waals surface area contributed by atoms with Crippen molar-refractivity contribution in [2.45, 2.75) is 33.1 Å². The second-order valence-corrected chi connectivity index (χ2v) is 3.63. The van der Waals surface area contributed by atoms with Crippen molar-refractivity contribution < 1.29 is 4.79 Å². The van der Waals surface area contributed by atoms with E-state index in [1.54, 1.807) is 6.92 Å². The minimum atomic E-state index is -0.263. The number of aromatic amines is 1. The first-order chi connectivity index (χ1) is 7.65. The molecule has 0 aliphatic carbocycles. The summed E-state index contributed by atoms with van der Waals surface area (Å²) in [6.45, 7) is 6.26. The highest BCUT2D eigenvalue weighted by Gasteiger charge is 2.12. The van der Waals surface area contributed by atoms with Crippen molar-refractivity contribution in [2.24, 2.45) is 0 Å². The zero-order chi connectivity index (χ0) is 12.0. The van der Waals surface area contributed by atoms with Crippen LogP contribution in [0.5, 0.6) is 0 Å². The van der Waals surface area contributed by atoms with Gasteiger partial charge in [-0.3, -0.25) is 9.89 Å². The molecule has 0 aromatic carbocycles. The van der Waals surface area contributed by atoms with Gasteiger partial charge >= 0.3 is 0 Å². The van der Waals surface area contributed by atoms with E-state index in [1.807, 2.05) is 13.8 Å². The maximum Gasteiger partial charge on any atom is 0.290 e. The number of H-pyrrole nitrogens is 1. The Kier molecular flexibility index (Phi) is 4.52. The Bertz CT molecular complexity index is 411. The van der Waals surface area contributed by atoms with Crippen LogP contribution in [-0.4, -0.2) is 27.6 Å². The van der Waals surface area contributed by atoms with Crippen LogP contribution in [0.2, 0.25) is 0 Å². The van der Waals surface area contributed by atoms with E-state index in [1.165, 1.54) is 0 Å². The number of nitrogens with one attached hydrogen (secondary N) is 2. The number of hydrogen-bond donors (Lipinski definition) is 2. The molecule has 1 aromatic heterocycles. The summed E-state index contributed by atoms with van der Waals surface area (Å²) in [6.07, 6.45) is 0.643. The number of carbonyl (C=O) groups excluding carboxylic acids is 1. The summed E-state index contributed by atoms with van der Waals surface area (Å²) in [6, 6.07) is 0. The summed E-state index contributed by atoms with van der Waals surface area (Å²) >= 11 is 0. The van der Waals surface area contributed by atoms with Gasteiger partial charge in [-0.25, -0.2) is 4.98 Å². The third-order valence-corrected chi connectivity index (χ3v) is 1.97. The molecule has 5 heteroatoms. The number of aromatic nitrogens is 3. The molecule has 5 nitrogen and oxygen atoms in total. The van der Waals surface area contributed by atoms with Gasteiger partial charge in [0.05, 0.1) is 0 Å². The summed E-state index contributed by atoms with van der Waals surface area (Å²) in [5, 5.41) is 9.29. The Labute approximate surface area is 95.0 Å². The summed E-state index contributed by atoms with van der Waals surface area (Å²) < 4.78 is 0. The summed E-state index contributed by atoms with van der Waals surface area (Å²) in [4.78, 5) is 15.6. The van der Waals surface area contributed by atoms with E-state index < -0.39 is 0 Å². The summed E-state index contributed by atoms with van der Waals surface area (Å²) in [7, 11) is 0. The highest BCUT2D eigenvalue weighted by Crippen LogP contribution is 2.07. The fraction of sp³-hybridized carbons (Fsp3) is 0.545. The lowest BCUT2D eigenvalue weighted by atomic mass is 10.2. The smallest absolute Gasteiger partial charge is 0.290 e. The second-order valence-electron chi connectivity index (χ2n) is 3.63. The number of hydrogen-bond acceptors (Lipinski definition) is 3. The van der Waals surface area contributed by atoms with E-state index in [0.29, 0.717) is 13.0 Å². The molecule has 1 amide bonds. The standard InChI is InChI=1S/C11H16N4O/c1-4-5-6-7-12-11(16)10-13-9(8(2)3)14-15-10/h8H,6-7H2,1-3H3,(H,12,16)(H,13,14,15). The molecule has 1 heterocycles. The fourth-order valence-electron chi connectivity index (χ4n) is 1.08. The molecule has 0 atom stereocenters. The second kappa shape index (κ2) is 5.91. The topological polar surface area (TPSA) is 70.7 Å². The van der Waals surface area contributed by atoms with Gasteiger partial charge in [0.15, 0.2) is 0 Å². The number of carbonyl (C=O) groups is 1. The Morgan fingerprint density at radius 3 is 2.88 bits per heavy atom. The minimum Gasteiger partial charge on any atom is -0.348 e. The highest BCUT2D eigenvalue weighted by molar-refractivity contribution is 5.90. The largest absolute Gasteiger partial charge is 0.348 e. The molecule has 16 heavy (non-hydrogen) atoms. The molecule has 1 aromatic rings. The van der Waals surface area contributed by atoms with Crippen LogP contribution < -0.4 is 5.32 Å². The van der Waals surface area contributed by atoms with Crippen molar-refractivity contribution in [2.75, 3.05) is 6.54 Å². The first-order valence-electron chi connectivity index (χ1n) is 5.25. The molecular weight excluding hydrogens is 204 g/mol. The Morgan fingerprint density at radius 2 is 2.31 bits per heavy atom. The molecular formula is C11H16N4O. The van der Waals surface area contributed by atoms with Crippen LogP contribution >= 0.6 is 0 Å². The maximum atomic E-state index is 11.5. The Balaban J connectivity index is 2.48. The molecule has 0 aliphatic rings. The normalized spacial score (nSPS) is 9.75. The molecule has 0 spiro atoms. The van der Waals surface area contributed by atoms with Crippen molar-refractivity contribution in [1.29, 1.82) is 0 Å². The SMILES string of the molecule is CC#CCCNC(=O)c1n[nH]c(C(C)C)n1. The van der Waals surface area contributed by atoms with Gasteiger partial charge in [-0.1, -0.05) is 13.8 Å². The van der Waals surface area contributed by atoms with Gasteiger partial charge < -0.3 is 5.32 Å². The first-order valence-corrected chi connectivity index (χ1v) is 5.25. The van der Waals surface area contributed by atoms with Crippen LogP contribution in [0, 0.1) is 11.8 Å². The lowest BCUT2D eigenvalue weighted by Crippen LogP contribution is -2.25. The van der Waals surface area contributed by atoms with Crippen LogP contribution in [-0.2, 0) is 0 Å². The van der Waals surface area contributed by atoms with Crippen LogP contribution in [0.1, 0.15) is 49.6 Å². The van der Waals surface area contributed by atoms with E-state index in [4.69, 9.17) is 0 Å². The fourth-order valence-corrected chi connectivity index (χ4v) is 1.08. The molecule has 0 saturated carbocycles. The Hall–Kier alpha value is -1.83. The summed E-state index contributed by atoms with van der Waals surface area (Å²) in [5.41, 5.74) is 0. The van der Waals surface area contributed by atoms with Crippen LogP contribution in [0.25, 0.3) is 0 Å². The molecule has 0 fully saturated rings. The third kappa shape index (κ3) is 3.39. The number of amides is 1. The van der Waals surface area contributed by atoms with Crippen molar-refractivity contribution in [3.8, 4) is 11.8 Å². The number of rotatable bonds is 4. The van der Waals surface area contributed by atoms with E-state index in [0.717, 1.165) is 5.82 Å². The van der Waals surface area contributed by atoms with Crippen molar-refractivity contribution in [1.82, 2.24) is 20.5 Å². The zero-order valence-corrected chi connectivity index (χ0v) is 9.79. The van der Waals surface area contributed by atoms with Crippen LogP contribution in [0.4, 0.5) is 0 Å². The molecule has 86 valence electrons. The van der Waals surface area contributed by atoms with Gasteiger partial charge in [-0.2, -0.15) is 0 Å². The molecule has 0 saturated heterocycles. The van der Waals surface area contributed by atoms with Crippen LogP contribution in [0.3, 0.4) is 0 Å². The number of nitrogens with zero attached hydrogens (tertiary/aromatic N) is 2. The quantitative estimate of drug-likeness (QED) is 0.589. The third-order valence-electron chi connectivity index (χ3n) is 1.97. The first kappa shape index (κ1) is 12.2. The van der Waals surface area contributed by atoms with Crippen molar-refractivity contribution in [3.63, 3.8) is 0 Å². The van der Waals surface area contributed by atoms with Gasteiger partial charge in [-0.05, 0) is 6.92 Å². The average Bonchev–Trinajstić information content (AvgIpc) is 2.73. The van der Waals surface area contributed by atoms with Gasteiger partial charge in [0.25, 0.3) is 5.91 Å². The van der Waals surface area contributed by atoms with Crippen molar-refractivity contribution in [3.05, 3.63) is 11.6 Å². The lowest BCUT2D eigenvalue weighted by Gasteiger charge is -1.98. The highest BCUT2D eigenvalue weighted by atomic mass is 16.2.